The number of halogens is 1. The van der Waals surface area contributed by atoms with Crippen LogP contribution in [0.25, 0.3) is 0 Å². The van der Waals surface area contributed by atoms with E-state index in [1.807, 2.05) is 37.3 Å². The van der Waals surface area contributed by atoms with E-state index in [-0.39, 0.29) is 23.7 Å². The molecule has 0 saturated carbocycles. The molecule has 3 atom stereocenters. The lowest BCUT2D eigenvalue weighted by Crippen LogP contribution is -2.26. The van der Waals surface area contributed by atoms with Crippen LogP contribution in [0.1, 0.15) is 53.5 Å². The van der Waals surface area contributed by atoms with Crippen molar-refractivity contribution in [1.82, 2.24) is 0 Å². The summed E-state index contributed by atoms with van der Waals surface area (Å²) >= 11 is 5.98. The number of hydrogen-bond acceptors (Lipinski definition) is 2. The van der Waals surface area contributed by atoms with Gasteiger partial charge in [-0.25, -0.2) is 4.79 Å². The van der Waals surface area contributed by atoms with Crippen molar-refractivity contribution in [2.24, 2.45) is 5.92 Å². The van der Waals surface area contributed by atoms with Gasteiger partial charge in [0.1, 0.15) is 0 Å². The van der Waals surface area contributed by atoms with Gasteiger partial charge in [0.2, 0.25) is 0 Å². The van der Waals surface area contributed by atoms with Crippen molar-refractivity contribution in [3.05, 3.63) is 82.4 Å². The van der Waals surface area contributed by atoms with Crippen molar-refractivity contribution in [1.29, 1.82) is 0 Å². The van der Waals surface area contributed by atoms with Crippen LogP contribution in [0, 0.1) is 5.92 Å². The van der Waals surface area contributed by atoms with E-state index in [1.165, 1.54) is 0 Å². The molecular formula is C21H21ClO3. The Morgan fingerprint density at radius 2 is 1.88 bits per heavy atom. The Bertz CT molecular complexity index is 782. The highest BCUT2D eigenvalue weighted by atomic mass is 35.5. The second-order valence-electron chi connectivity index (χ2n) is 6.56. The zero-order chi connectivity index (χ0) is 18.0. The van der Waals surface area contributed by atoms with Gasteiger partial charge < -0.3 is 9.84 Å². The number of hydrogen-bond donors (Lipinski definition) is 1. The molecule has 3 rings (SSSR count). The Morgan fingerprint density at radius 1 is 1.16 bits per heavy atom. The molecule has 1 N–H and O–H groups in total. The molecule has 1 aliphatic heterocycles. The predicted octanol–water partition coefficient (Wildman–Crippen LogP) is 5.82. The molecule has 130 valence electrons. The minimum absolute atomic E-state index is 0.0358. The SMILES string of the molecule is C=C(C)[C@@H]1CC[C@@H](c2ccc(Cl)cc2)O[C@H]1c1cccc(C(=O)O)c1. The van der Waals surface area contributed by atoms with Crippen LogP contribution in [-0.2, 0) is 4.74 Å². The molecule has 1 fully saturated rings. The second-order valence-corrected chi connectivity index (χ2v) is 6.99. The second kappa shape index (κ2) is 7.42. The lowest BCUT2D eigenvalue weighted by Gasteiger charge is -2.37. The van der Waals surface area contributed by atoms with Gasteiger partial charge in [-0.05, 0) is 55.2 Å². The molecule has 0 aromatic heterocycles. The summed E-state index contributed by atoms with van der Waals surface area (Å²) in [5.74, 6) is -0.758. The van der Waals surface area contributed by atoms with Gasteiger partial charge >= 0.3 is 5.97 Å². The average molecular weight is 357 g/mol. The van der Waals surface area contributed by atoms with E-state index in [1.54, 1.807) is 18.2 Å². The number of carboxylic acids is 1. The summed E-state index contributed by atoms with van der Waals surface area (Å²) in [6, 6.07) is 14.7. The highest BCUT2D eigenvalue weighted by Crippen LogP contribution is 2.45. The topological polar surface area (TPSA) is 46.5 Å². The summed E-state index contributed by atoms with van der Waals surface area (Å²) in [6.45, 7) is 6.11. The highest BCUT2D eigenvalue weighted by molar-refractivity contribution is 6.30. The van der Waals surface area contributed by atoms with Gasteiger partial charge in [-0.2, -0.15) is 0 Å². The summed E-state index contributed by atoms with van der Waals surface area (Å²) in [5, 5.41) is 9.97. The molecule has 0 aliphatic carbocycles. The standard InChI is InChI=1S/C21H21ClO3/c1-13(2)18-10-11-19(14-6-8-17(22)9-7-14)25-20(18)15-4-3-5-16(12-15)21(23)24/h3-9,12,18-20H,1,10-11H2,2H3,(H,23,24)/t18-,19-,20-/m0/s1. The molecule has 2 aromatic carbocycles. The lowest BCUT2D eigenvalue weighted by atomic mass is 9.82. The molecule has 1 heterocycles. The highest BCUT2D eigenvalue weighted by Gasteiger charge is 2.33. The van der Waals surface area contributed by atoms with Crippen molar-refractivity contribution in [3.63, 3.8) is 0 Å². The molecular weight excluding hydrogens is 336 g/mol. The Balaban J connectivity index is 1.92. The molecule has 4 heteroatoms. The summed E-state index contributed by atoms with van der Waals surface area (Å²) in [4.78, 5) is 11.3. The van der Waals surface area contributed by atoms with E-state index < -0.39 is 5.97 Å². The van der Waals surface area contributed by atoms with Crippen molar-refractivity contribution in [2.45, 2.75) is 32.0 Å². The smallest absolute Gasteiger partial charge is 0.335 e. The monoisotopic (exact) mass is 356 g/mol. The van der Waals surface area contributed by atoms with Crippen LogP contribution < -0.4 is 0 Å². The van der Waals surface area contributed by atoms with Gasteiger partial charge in [-0.15, -0.1) is 0 Å². The van der Waals surface area contributed by atoms with Crippen molar-refractivity contribution in [2.75, 3.05) is 0 Å². The molecule has 0 spiro atoms. The predicted molar refractivity (Wildman–Crippen MR) is 99.0 cm³/mol. The fourth-order valence-corrected chi connectivity index (χ4v) is 3.54. The number of carbonyl (C=O) groups is 1. The van der Waals surface area contributed by atoms with Gasteiger partial charge in [-0.1, -0.05) is 48.0 Å². The zero-order valence-corrected chi connectivity index (χ0v) is 14.9. The first-order valence-corrected chi connectivity index (χ1v) is 8.73. The van der Waals surface area contributed by atoms with Gasteiger partial charge in [0.05, 0.1) is 17.8 Å². The zero-order valence-electron chi connectivity index (χ0n) is 14.1. The van der Waals surface area contributed by atoms with E-state index in [9.17, 15) is 9.90 Å². The molecule has 1 saturated heterocycles. The molecule has 1 aliphatic rings. The first-order valence-electron chi connectivity index (χ1n) is 8.35. The number of rotatable bonds is 4. The number of ether oxygens (including phenoxy) is 1. The fourth-order valence-electron chi connectivity index (χ4n) is 3.41. The third-order valence-electron chi connectivity index (χ3n) is 4.75. The molecule has 0 unspecified atom stereocenters. The normalized spacial score (nSPS) is 23.2. The Kier molecular flexibility index (Phi) is 5.26. The van der Waals surface area contributed by atoms with Crippen LogP contribution in [-0.4, -0.2) is 11.1 Å². The van der Waals surface area contributed by atoms with Crippen LogP contribution in [0.15, 0.2) is 60.7 Å². The van der Waals surface area contributed by atoms with Crippen molar-refractivity contribution in [3.8, 4) is 0 Å². The van der Waals surface area contributed by atoms with E-state index in [2.05, 4.69) is 6.58 Å². The summed E-state index contributed by atoms with van der Waals surface area (Å²) in [6.07, 6.45) is 1.61. The number of benzene rings is 2. The van der Waals surface area contributed by atoms with E-state index in [0.29, 0.717) is 5.02 Å². The summed E-state index contributed by atoms with van der Waals surface area (Å²) < 4.78 is 6.41. The number of aromatic carboxylic acids is 1. The maximum absolute atomic E-state index is 11.3. The third-order valence-corrected chi connectivity index (χ3v) is 5.01. The average Bonchev–Trinajstić information content (AvgIpc) is 2.62. The largest absolute Gasteiger partial charge is 0.478 e. The van der Waals surface area contributed by atoms with Gasteiger partial charge in [0.15, 0.2) is 0 Å². The first kappa shape index (κ1) is 17.7. The molecule has 0 amide bonds. The van der Waals surface area contributed by atoms with Crippen molar-refractivity contribution < 1.29 is 14.6 Å². The Hall–Kier alpha value is -2.10. The molecule has 2 aromatic rings. The van der Waals surface area contributed by atoms with Crippen LogP contribution in [0.2, 0.25) is 5.02 Å². The van der Waals surface area contributed by atoms with Gasteiger partial charge in [-0.3, -0.25) is 0 Å². The Labute approximate surface area is 152 Å². The van der Waals surface area contributed by atoms with Crippen LogP contribution in [0.5, 0.6) is 0 Å². The van der Waals surface area contributed by atoms with E-state index in [4.69, 9.17) is 16.3 Å². The van der Waals surface area contributed by atoms with E-state index >= 15 is 0 Å². The summed E-state index contributed by atoms with van der Waals surface area (Å²) in [7, 11) is 0. The Morgan fingerprint density at radius 3 is 2.52 bits per heavy atom. The van der Waals surface area contributed by atoms with Crippen LogP contribution in [0.4, 0.5) is 0 Å². The third kappa shape index (κ3) is 3.94. The van der Waals surface area contributed by atoms with Gasteiger partial charge in [0, 0.05) is 10.9 Å². The maximum Gasteiger partial charge on any atom is 0.335 e. The quantitative estimate of drug-likeness (QED) is 0.702. The molecule has 0 bridgehead atoms. The minimum Gasteiger partial charge on any atom is -0.478 e. The van der Waals surface area contributed by atoms with Crippen LogP contribution in [0.3, 0.4) is 0 Å². The fraction of sp³-hybridized carbons (Fsp3) is 0.286. The first-order chi connectivity index (χ1) is 12.0. The maximum atomic E-state index is 11.3. The van der Waals surface area contributed by atoms with Crippen molar-refractivity contribution >= 4 is 17.6 Å². The van der Waals surface area contributed by atoms with Crippen LogP contribution >= 0.6 is 11.6 Å². The molecule has 25 heavy (non-hydrogen) atoms. The molecule has 3 nitrogen and oxygen atoms in total. The van der Waals surface area contributed by atoms with Gasteiger partial charge in [0.25, 0.3) is 0 Å². The minimum atomic E-state index is -0.932. The lowest BCUT2D eigenvalue weighted by molar-refractivity contribution is -0.0785. The number of carboxylic acid groups (broad SMARTS) is 1. The summed E-state index contributed by atoms with van der Waals surface area (Å²) in [5.41, 5.74) is 3.30. The molecule has 0 radical (unpaired) electrons. The van der Waals surface area contributed by atoms with E-state index in [0.717, 1.165) is 29.5 Å².